The van der Waals surface area contributed by atoms with Crippen molar-refractivity contribution in [3.05, 3.63) is 33.9 Å². The summed E-state index contributed by atoms with van der Waals surface area (Å²) in [5, 5.41) is 11.2. The highest BCUT2D eigenvalue weighted by molar-refractivity contribution is 5.65. The van der Waals surface area contributed by atoms with Gasteiger partial charge < -0.3 is 10.6 Å². The Kier molecular flexibility index (Phi) is 4.60. The quantitative estimate of drug-likeness (QED) is 0.678. The van der Waals surface area contributed by atoms with E-state index >= 15 is 0 Å². The summed E-state index contributed by atoms with van der Waals surface area (Å²) in [6.07, 6.45) is 4.03. The molecule has 0 unspecified atom stereocenters. The van der Waals surface area contributed by atoms with Crippen LogP contribution in [0.2, 0.25) is 0 Å². The van der Waals surface area contributed by atoms with Crippen molar-refractivity contribution in [2.45, 2.75) is 51.6 Å². The Balaban J connectivity index is 2.31. The smallest absolute Gasteiger partial charge is 0.292 e. The second-order valence-electron chi connectivity index (χ2n) is 5.60. The van der Waals surface area contributed by atoms with Gasteiger partial charge in [0.05, 0.1) is 4.92 Å². The van der Waals surface area contributed by atoms with Gasteiger partial charge in [-0.05, 0) is 51.2 Å². The summed E-state index contributed by atoms with van der Waals surface area (Å²) >= 11 is 0. The lowest BCUT2D eigenvalue weighted by Gasteiger charge is -2.36. The average Bonchev–Trinajstić information content (AvgIpc) is 2.41. The molecule has 0 spiro atoms. The summed E-state index contributed by atoms with van der Waals surface area (Å²) < 4.78 is 0. The van der Waals surface area contributed by atoms with Crippen molar-refractivity contribution in [3.8, 4) is 0 Å². The van der Waals surface area contributed by atoms with Crippen molar-refractivity contribution in [2.75, 3.05) is 11.4 Å². The summed E-state index contributed by atoms with van der Waals surface area (Å²) in [7, 11) is 0. The first-order valence-corrected chi connectivity index (χ1v) is 7.30. The molecule has 5 heteroatoms. The zero-order chi connectivity index (χ0) is 14.7. The van der Waals surface area contributed by atoms with Gasteiger partial charge in [-0.15, -0.1) is 0 Å². The average molecular weight is 277 g/mol. The first kappa shape index (κ1) is 14.8. The Labute approximate surface area is 119 Å². The zero-order valence-electron chi connectivity index (χ0n) is 12.2. The SMILES string of the molecule is CCN(c1cc(C)ccc1[N+](=O)[O-])C1CCC(N)CC1. The number of aryl methyl sites for hydroxylation is 1. The summed E-state index contributed by atoms with van der Waals surface area (Å²) in [5.74, 6) is 0. The van der Waals surface area contributed by atoms with Crippen LogP contribution in [0.25, 0.3) is 0 Å². The molecule has 0 bridgehead atoms. The van der Waals surface area contributed by atoms with E-state index in [9.17, 15) is 10.1 Å². The van der Waals surface area contributed by atoms with Crippen molar-refractivity contribution < 1.29 is 4.92 Å². The van der Waals surface area contributed by atoms with E-state index in [0.29, 0.717) is 6.04 Å². The van der Waals surface area contributed by atoms with Crippen molar-refractivity contribution >= 4 is 11.4 Å². The Hall–Kier alpha value is -1.62. The second-order valence-corrected chi connectivity index (χ2v) is 5.60. The predicted molar refractivity (Wildman–Crippen MR) is 81.1 cm³/mol. The number of nitro groups is 1. The van der Waals surface area contributed by atoms with Gasteiger partial charge in [0.15, 0.2) is 0 Å². The largest absolute Gasteiger partial charge is 0.363 e. The highest BCUT2D eigenvalue weighted by Crippen LogP contribution is 2.34. The molecular weight excluding hydrogens is 254 g/mol. The third-order valence-corrected chi connectivity index (χ3v) is 4.16. The molecule has 0 aromatic heterocycles. The third kappa shape index (κ3) is 3.10. The van der Waals surface area contributed by atoms with Gasteiger partial charge in [0.1, 0.15) is 5.69 Å². The molecule has 110 valence electrons. The topological polar surface area (TPSA) is 72.4 Å². The predicted octanol–water partition coefficient (Wildman–Crippen LogP) is 3.00. The van der Waals surface area contributed by atoms with Crippen LogP contribution in [0.1, 0.15) is 38.2 Å². The highest BCUT2D eigenvalue weighted by Gasteiger charge is 2.27. The van der Waals surface area contributed by atoms with Crippen LogP contribution in [0.15, 0.2) is 18.2 Å². The van der Waals surface area contributed by atoms with E-state index in [2.05, 4.69) is 11.8 Å². The monoisotopic (exact) mass is 277 g/mol. The first-order valence-electron chi connectivity index (χ1n) is 7.30. The van der Waals surface area contributed by atoms with Gasteiger partial charge in [0, 0.05) is 24.7 Å². The Morgan fingerprint density at radius 1 is 1.35 bits per heavy atom. The molecule has 0 aliphatic heterocycles. The number of hydrogen-bond acceptors (Lipinski definition) is 4. The molecule has 20 heavy (non-hydrogen) atoms. The molecule has 2 N–H and O–H groups in total. The number of rotatable bonds is 4. The standard InChI is InChI=1S/C15H23N3O2/c1-3-17(13-7-5-12(16)6-8-13)15-10-11(2)4-9-14(15)18(19)20/h4,9-10,12-13H,3,5-8,16H2,1-2H3. The van der Waals surface area contributed by atoms with Crippen molar-refractivity contribution in [3.63, 3.8) is 0 Å². The Morgan fingerprint density at radius 3 is 2.55 bits per heavy atom. The van der Waals surface area contributed by atoms with Crippen LogP contribution in [0.3, 0.4) is 0 Å². The zero-order valence-corrected chi connectivity index (χ0v) is 12.2. The van der Waals surface area contributed by atoms with Crippen LogP contribution >= 0.6 is 0 Å². The van der Waals surface area contributed by atoms with Crippen LogP contribution in [0.4, 0.5) is 11.4 Å². The maximum atomic E-state index is 11.2. The van der Waals surface area contributed by atoms with Crippen LogP contribution in [-0.4, -0.2) is 23.6 Å². The van der Waals surface area contributed by atoms with Crippen LogP contribution in [0, 0.1) is 17.0 Å². The van der Waals surface area contributed by atoms with Gasteiger partial charge in [-0.1, -0.05) is 6.07 Å². The van der Waals surface area contributed by atoms with Gasteiger partial charge in [0.2, 0.25) is 0 Å². The van der Waals surface area contributed by atoms with Crippen molar-refractivity contribution in [1.82, 2.24) is 0 Å². The molecule has 2 rings (SSSR count). The fourth-order valence-corrected chi connectivity index (χ4v) is 3.06. The van der Waals surface area contributed by atoms with E-state index in [1.54, 1.807) is 12.1 Å². The maximum absolute atomic E-state index is 11.2. The number of hydrogen-bond donors (Lipinski definition) is 1. The minimum absolute atomic E-state index is 0.201. The number of nitrogens with two attached hydrogens (primary N) is 1. The summed E-state index contributed by atoms with van der Waals surface area (Å²) in [5.41, 5.74) is 7.95. The Bertz CT molecular complexity index is 482. The van der Waals surface area contributed by atoms with Crippen LogP contribution < -0.4 is 10.6 Å². The second kappa shape index (κ2) is 6.22. The lowest BCUT2D eigenvalue weighted by molar-refractivity contribution is -0.384. The van der Waals surface area contributed by atoms with E-state index in [1.807, 2.05) is 13.0 Å². The van der Waals surface area contributed by atoms with Crippen LogP contribution in [-0.2, 0) is 0 Å². The van der Waals surface area contributed by atoms with Gasteiger partial charge in [-0.3, -0.25) is 10.1 Å². The van der Waals surface area contributed by atoms with E-state index in [-0.39, 0.29) is 16.7 Å². The molecule has 0 saturated heterocycles. The van der Waals surface area contributed by atoms with Gasteiger partial charge in [-0.25, -0.2) is 0 Å². The van der Waals surface area contributed by atoms with E-state index in [0.717, 1.165) is 43.5 Å². The number of nitrogens with zero attached hydrogens (tertiary/aromatic N) is 2. The molecule has 0 atom stereocenters. The van der Waals surface area contributed by atoms with E-state index in [1.165, 1.54) is 0 Å². The van der Waals surface area contributed by atoms with Crippen molar-refractivity contribution in [2.24, 2.45) is 5.73 Å². The molecule has 0 radical (unpaired) electrons. The number of nitro benzene ring substituents is 1. The molecular formula is C15H23N3O2. The summed E-state index contributed by atoms with van der Waals surface area (Å²) in [6.45, 7) is 4.81. The fraction of sp³-hybridized carbons (Fsp3) is 0.600. The minimum atomic E-state index is -0.286. The Morgan fingerprint density at radius 2 is 2.00 bits per heavy atom. The molecule has 1 saturated carbocycles. The van der Waals surface area contributed by atoms with Crippen molar-refractivity contribution in [1.29, 1.82) is 0 Å². The molecule has 1 aliphatic rings. The molecule has 0 heterocycles. The summed E-state index contributed by atoms with van der Waals surface area (Å²) in [6, 6.07) is 5.99. The highest BCUT2D eigenvalue weighted by atomic mass is 16.6. The van der Waals surface area contributed by atoms with E-state index in [4.69, 9.17) is 5.73 Å². The third-order valence-electron chi connectivity index (χ3n) is 4.16. The molecule has 1 aliphatic carbocycles. The molecule has 0 amide bonds. The fourth-order valence-electron chi connectivity index (χ4n) is 3.06. The van der Waals surface area contributed by atoms with Gasteiger partial charge in [-0.2, -0.15) is 0 Å². The number of anilines is 1. The molecule has 1 aromatic rings. The normalized spacial score (nSPS) is 22.6. The molecule has 1 fully saturated rings. The molecule has 1 aromatic carbocycles. The molecule has 5 nitrogen and oxygen atoms in total. The van der Waals surface area contributed by atoms with Gasteiger partial charge in [0.25, 0.3) is 5.69 Å². The first-order chi connectivity index (χ1) is 9.52. The lowest BCUT2D eigenvalue weighted by Crippen LogP contribution is -2.41. The number of benzene rings is 1. The minimum Gasteiger partial charge on any atom is -0.363 e. The lowest BCUT2D eigenvalue weighted by atomic mass is 9.90. The van der Waals surface area contributed by atoms with Crippen LogP contribution in [0.5, 0.6) is 0 Å². The van der Waals surface area contributed by atoms with E-state index < -0.39 is 0 Å². The maximum Gasteiger partial charge on any atom is 0.292 e. The summed E-state index contributed by atoms with van der Waals surface area (Å²) in [4.78, 5) is 13.1. The van der Waals surface area contributed by atoms with Gasteiger partial charge >= 0.3 is 0 Å².